The van der Waals surface area contributed by atoms with E-state index >= 15 is 0 Å². The first-order chi connectivity index (χ1) is 7.16. The monoisotopic (exact) mass is 267 g/mol. The summed E-state index contributed by atoms with van der Waals surface area (Å²) in [5.41, 5.74) is 3.08. The van der Waals surface area contributed by atoms with Crippen molar-refractivity contribution in [2.45, 2.75) is 38.6 Å². The number of halogens is 1. The fourth-order valence-corrected chi connectivity index (χ4v) is 2.67. The van der Waals surface area contributed by atoms with Crippen LogP contribution in [0, 0.1) is 0 Å². The third kappa shape index (κ3) is 2.61. The number of hydrogen-bond acceptors (Lipinski definition) is 1. The molecule has 0 spiro atoms. The predicted molar refractivity (Wildman–Crippen MR) is 68.3 cm³/mol. The highest BCUT2D eigenvalue weighted by molar-refractivity contribution is 9.10. The van der Waals surface area contributed by atoms with Gasteiger partial charge in [0.25, 0.3) is 0 Å². The Hall–Kier alpha value is -0.340. The van der Waals surface area contributed by atoms with Gasteiger partial charge in [0, 0.05) is 17.1 Å². The van der Waals surface area contributed by atoms with Gasteiger partial charge in [-0.15, -0.1) is 0 Å². The summed E-state index contributed by atoms with van der Waals surface area (Å²) in [6, 6.07) is 7.29. The highest BCUT2D eigenvalue weighted by Crippen LogP contribution is 2.34. The SMILES string of the molecule is CC(C)NCC1CCc2cc(Br)ccc21. The molecule has 1 aromatic rings. The first-order valence-corrected chi connectivity index (χ1v) is 6.48. The summed E-state index contributed by atoms with van der Waals surface area (Å²) in [4.78, 5) is 0. The van der Waals surface area contributed by atoms with Crippen LogP contribution in [0.3, 0.4) is 0 Å². The van der Waals surface area contributed by atoms with Gasteiger partial charge < -0.3 is 5.32 Å². The fourth-order valence-electron chi connectivity index (χ4n) is 2.26. The summed E-state index contributed by atoms with van der Waals surface area (Å²) in [7, 11) is 0. The average Bonchev–Trinajstić information content (AvgIpc) is 2.57. The van der Waals surface area contributed by atoms with Gasteiger partial charge in [0.05, 0.1) is 0 Å². The van der Waals surface area contributed by atoms with Gasteiger partial charge in [-0.05, 0) is 42.0 Å². The molecular weight excluding hydrogens is 250 g/mol. The molecule has 1 aliphatic rings. The van der Waals surface area contributed by atoms with Crippen molar-refractivity contribution in [3.8, 4) is 0 Å². The minimum absolute atomic E-state index is 0.587. The Balaban J connectivity index is 2.08. The fraction of sp³-hybridized carbons (Fsp3) is 0.538. The maximum absolute atomic E-state index is 3.53. The van der Waals surface area contributed by atoms with Gasteiger partial charge in [0.15, 0.2) is 0 Å². The summed E-state index contributed by atoms with van der Waals surface area (Å²) in [6.07, 6.45) is 2.53. The number of nitrogens with one attached hydrogen (secondary N) is 1. The van der Waals surface area contributed by atoms with Gasteiger partial charge in [0.1, 0.15) is 0 Å². The minimum Gasteiger partial charge on any atom is -0.314 e. The summed E-state index contributed by atoms with van der Waals surface area (Å²) in [6.45, 7) is 5.53. The maximum atomic E-state index is 3.53. The second-order valence-electron chi connectivity index (χ2n) is 4.64. The number of fused-ring (bicyclic) bond motifs is 1. The van der Waals surface area contributed by atoms with Gasteiger partial charge in [0.2, 0.25) is 0 Å². The molecule has 1 atom stereocenters. The van der Waals surface area contributed by atoms with Crippen LogP contribution in [0.1, 0.15) is 37.3 Å². The van der Waals surface area contributed by atoms with Gasteiger partial charge in [-0.2, -0.15) is 0 Å². The molecule has 0 saturated heterocycles. The predicted octanol–water partition coefficient (Wildman–Crippen LogP) is 3.48. The van der Waals surface area contributed by atoms with Crippen LogP contribution in [0.5, 0.6) is 0 Å². The molecule has 0 heterocycles. The van der Waals surface area contributed by atoms with Crippen molar-refractivity contribution >= 4 is 15.9 Å². The molecule has 82 valence electrons. The zero-order valence-corrected chi connectivity index (χ0v) is 11.0. The van der Waals surface area contributed by atoms with Crippen LogP contribution < -0.4 is 5.32 Å². The zero-order chi connectivity index (χ0) is 10.8. The van der Waals surface area contributed by atoms with Crippen molar-refractivity contribution in [2.24, 2.45) is 0 Å². The first kappa shape index (κ1) is 11.2. The van der Waals surface area contributed by atoms with E-state index < -0.39 is 0 Å². The lowest BCUT2D eigenvalue weighted by Gasteiger charge is -2.15. The lowest BCUT2D eigenvalue weighted by atomic mass is 10.0. The van der Waals surface area contributed by atoms with E-state index in [1.807, 2.05) is 0 Å². The highest BCUT2D eigenvalue weighted by Gasteiger charge is 2.22. The molecule has 15 heavy (non-hydrogen) atoms. The Labute approximate surface area is 100 Å². The van der Waals surface area contributed by atoms with Gasteiger partial charge in [-0.25, -0.2) is 0 Å². The second-order valence-corrected chi connectivity index (χ2v) is 5.56. The van der Waals surface area contributed by atoms with Crippen molar-refractivity contribution < 1.29 is 0 Å². The molecule has 0 aliphatic heterocycles. The third-order valence-corrected chi connectivity index (χ3v) is 3.57. The van der Waals surface area contributed by atoms with Crippen molar-refractivity contribution in [3.05, 3.63) is 33.8 Å². The van der Waals surface area contributed by atoms with Crippen molar-refractivity contribution in [3.63, 3.8) is 0 Å². The number of hydrogen-bond donors (Lipinski definition) is 1. The first-order valence-electron chi connectivity index (χ1n) is 5.68. The molecule has 2 heteroatoms. The van der Waals surface area contributed by atoms with Crippen LogP contribution in [0.25, 0.3) is 0 Å². The Morgan fingerprint density at radius 2 is 2.27 bits per heavy atom. The smallest absolute Gasteiger partial charge is 0.0178 e. The molecule has 0 amide bonds. The van der Waals surface area contributed by atoms with Gasteiger partial charge >= 0.3 is 0 Å². The van der Waals surface area contributed by atoms with Crippen LogP contribution in [0.4, 0.5) is 0 Å². The zero-order valence-electron chi connectivity index (χ0n) is 9.39. The Morgan fingerprint density at radius 3 is 3.00 bits per heavy atom. The van der Waals surface area contributed by atoms with Crippen LogP contribution >= 0.6 is 15.9 Å². The summed E-state index contributed by atoms with van der Waals surface area (Å²) in [5.74, 6) is 0.718. The molecule has 1 nitrogen and oxygen atoms in total. The van der Waals surface area contributed by atoms with Crippen LogP contribution in [-0.2, 0) is 6.42 Å². The quantitative estimate of drug-likeness (QED) is 0.885. The van der Waals surface area contributed by atoms with E-state index in [1.165, 1.54) is 22.9 Å². The van der Waals surface area contributed by atoms with E-state index in [0.717, 1.165) is 12.5 Å². The molecule has 0 radical (unpaired) electrons. The van der Waals surface area contributed by atoms with Crippen LogP contribution in [0.2, 0.25) is 0 Å². The van der Waals surface area contributed by atoms with Crippen molar-refractivity contribution in [2.75, 3.05) is 6.54 Å². The van der Waals surface area contributed by atoms with E-state index in [2.05, 4.69) is 53.3 Å². The summed E-state index contributed by atoms with van der Waals surface area (Å²) >= 11 is 3.53. The topological polar surface area (TPSA) is 12.0 Å². The van der Waals surface area contributed by atoms with Gasteiger partial charge in [-0.3, -0.25) is 0 Å². The van der Waals surface area contributed by atoms with Crippen LogP contribution in [0.15, 0.2) is 22.7 Å². The average molecular weight is 268 g/mol. The molecule has 0 saturated carbocycles. The Morgan fingerprint density at radius 1 is 1.47 bits per heavy atom. The molecule has 1 aliphatic carbocycles. The molecule has 1 unspecified atom stereocenters. The summed E-state index contributed by atoms with van der Waals surface area (Å²) in [5, 5.41) is 3.53. The van der Waals surface area contributed by atoms with Crippen LogP contribution in [-0.4, -0.2) is 12.6 Å². The van der Waals surface area contributed by atoms with Crippen molar-refractivity contribution in [1.29, 1.82) is 0 Å². The standard InChI is InChI=1S/C13H18BrN/c1-9(2)15-8-11-4-3-10-7-12(14)5-6-13(10)11/h5-7,9,11,15H,3-4,8H2,1-2H3. The van der Waals surface area contributed by atoms with Gasteiger partial charge in [-0.1, -0.05) is 35.8 Å². The molecule has 2 rings (SSSR count). The lowest BCUT2D eigenvalue weighted by Crippen LogP contribution is -2.27. The molecule has 0 fully saturated rings. The minimum atomic E-state index is 0.587. The normalized spacial score (nSPS) is 19.6. The number of benzene rings is 1. The molecule has 0 bridgehead atoms. The van der Waals surface area contributed by atoms with E-state index in [0.29, 0.717) is 6.04 Å². The number of rotatable bonds is 3. The van der Waals surface area contributed by atoms with E-state index in [4.69, 9.17) is 0 Å². The third-order valence-electron chi connectivity index (χ3n) is 3.08. The Bertz CT molecular complexity index is 346. The Kier molecular flexibility index (Phi) is 3.47. The largest absolute Gasteiger partial charge is 0.314 e. The van der Waals surface area contributed by atoms with Crippen molar-refractivity contribution in [1.82, 2.24) is 5.32 Å². The second kappa shape index (κ2) is 4.67. The van der Waals surface area contributed by atoms with E-state index in [-0.39, 0.29) is 0 Å². The summed E-state index contributed by atoms with van der Waals surface area (Å²) < 4.78 is 1.21. The lowest BCUT2D eigenvalue weighted by molar-refractivity contribution is 0.527. The molecular formula is C13H18BrN. The number of aryl methyl sites for hydroxylation is 1. The highest BCUT2D eigenvalue weighted by atomic mass is 79.9. The molecule has 1 aromatic carbocycles. The van der Waals surface area contributed by atoms with E-state index in [9.17, 15) is 0 Å². The van der Waals surface area contributed by atoms with E-state index in [1.54, 1.807) is 5.56 Å². The molecule has 1 N–H and O–H groups in total. The maximum Gasteiger partial charge on any atom is 0.0178 e. The molecule has 0 aromatic heterocycles.